The van der Waals surface area contributed by atoms with E-state index in [2.05, 4.69) is 0 Å². The first-order chi connectivity index (χ1) is 6.20. The van der Waals surface area contributed by atoms with Gasteiger partial charge in [-0.25, -0.2) is 8.78 Å². The highest BCUT2D eigenvalue weighted by Crippen LogP contribution is 2.33. The zero-order chi connectivity index (χ0) is 9.42. The summed E-state index contributed by atoms with van der Waals surface area (Å²) in [5.74, 6) is -1.10. The Kier molecular flexibility index (Phi) is 1.92. The van der Waals surface area contributed by atoms with Gasteiger partial charge >= 0.3 is 0 Å². The van der Waals surface area contributed by atoms with E-state index in [1.54, 1.807) is 6.07 Å². The van der Waals surface area contributed by atoms with Crippen molar-refractivity contribution in [1.29, 1.82) is 0 Å². The van der Waals surface area contributed by atoms with Gasteiger partial charge in [0, 0.05) is 11.5 Å². The molecule has 0 atom stereocenters. The number of rotatable bonds is 1. The summed E-state index contributed by atoms with van der Waals surface area (Å²) in [5, 5.41) is 1.12. The number of ether oxygens (including phenoxy) is 1. The van der Waals surface area contributed by atoms with E-state index in [0.29, 0.717) is 15.1 Å². The van der Waals surface area contributed by atoms with Crippen LogP contribution in [0, 0.1) is 11.6 Å². The van der Waals surface area contributed by atoms with Gasteiger partial charge < -0.3 is 4.74 Å². The second-order valence-electron chi connectivity index (χ2n) is 2.58. The van der Waals surface area contributed by atoms with Crippen LogP contribution in [0.3, 0.4) is 0 Å². The molecule has 68 valence electrons. The Hall–Kier alpha value is -1.16. The van der Waals surface area contributed by atoms with E-state index in [-0.39, 0.29) is 0 Å². The van der Waals surface area contributed by atoms with Crippen LogP contribution in [-0.2, 0) is 0 Å². The van der Waals surface area contributed by atoms with Crippen LogP contribution in [0.1, 0.15) is 0 Å². The molecule has 0 N–H and O–H groups in total. The maximum Gasteiger partial charge on any atom is 0.174 e. The minimum atomic E-state index is -0.564. The van der Waals surface area contributed by atoms with Gasteiger partial charge in [-0.05, 0) is 12.1 Å². The molecule has 0 fully saturated rings. The predicted molar refractivity (Wildman–Crippen MR) is 48.3 cm³/mol. The van der Waals surface area contributed by atoms with E-state index in [0.717, 1.165) is 6.07 Å². The Labute approximate surface area is 77.6 Å². The van der Waals surface area contributed by atoms with Crippen molar-refractivity contribution in [3.63, 3.8) is 0 Å². The highest BCUT2D eigenvalue weighted by atomic mass is 32.1. The first-order valence-corrected chi connectivity index (χ1v) is 4.45. The quantitative estimate of drug-likeness (QED) is 0.687. The van der Waals surface area contributed by atoms with Gasteiger partial charge in [0.15, 0.2) is 5.06 Å². The van der Waals surface area contributed by atoms with Crippen molar-refractivity contribution < 1.29 is 13.5 Å². The molecule has 0 aliphatic heterocycles. The summed E-state index contributed by atoms with van der Waals surface area (Å²) >= 11 is 1.17. The van der Waals surface area contributed by atoms with Crippen LogP contribution in [0.5, 0.6) is 5.06 Å². The van der Waals surface area contributed by atoms with Crippen LogP contribution in [0.25, 0.3) is 10.1 Å². The van der Waals surface area contributed by atoms with Gasteiger partial charge in [0.25, 0.3) is 0 Å². The van der Waals surface area contributed by atoms with Crippen molar-refractivity contribution in [2.75, 3.05) is 7.11 Å². The van der Waals surface area contributed by atoms with E-state index in [1.807, 2.05) is 0 Å². The minimum absolute atomic E-state index is 0.429. The molecule has 0 unspecified atom stereocenters. The maximum atomic E-state index is 13.1. The van der Waals surface area contributed by atoms with Crippen molar-refractivity contribution >= 4 is 21.4 Å². The number of benzene rings is 1. The third-order valence-electron chi connectivity index (χ3n) is 1.71. The molecular weight excluding hydrogens is 194 g/mol. The molecule has 0 saturated carbocycles. The first-order valence-electron chi connectivity index (χ1n) is 3.63. The molecular formula is C9H6F2OS. The molecule has 1 aromatic heterocycles. The Morgan fingerprint density at radius 1 is 1.23 bits per heavy atom. The fourth-order valence-corrected chi connectivity index (χ4v) is 2.02. The molecule has 0 aliphatic rings. The fourth-order valence-electron chi connectivity index (χ4n) is 1.15. The summed E-state index contributed by atoms with van der Waals surface area (Å²) in [7, 11) is 1.50. The summed E-state index contributed by atoms with van der Waals surface area (Å²) in [4.78, 5) is 0. The molecule has 4 heteroatoms. The zero-order valence-electron chi connectivity index (χ0n) is 6.80. The van der Waals surface area contributed by atoms with Gasteiger partial charge in [-0.15, -0.1) is 0 Å². The van der Waals surface area contributed by atoms with Gasteiger partial charge in [-0.1, -0.05) is 11.3 Å². The topological polar surface area (TPSA) is 9.23 Å². The molecule has 0 amide bonds. The second kappa shape index (κ2) is 2.96. The van der Waals surface area contributed by atoms with E-state index in [9.17, 15) is 8.78 Å². The average Bonchev–Trinajstić information content (AvgIpc) is 2.47. The minimum Gasteiger partial charge on any atom is -0.487 e. The van der Waals surface area contributed by atoms with Crippen molar-refractivity contribution in [1.82, 2.24) is 0 Å². The lowest BCUT2D eigenvalue weighted by Gasteiger charge is -1.91. The molecule has 0 saturated heterocycles. The molecule has 1 heterocycles. The standard InChI is InChI=1S/C9H6F2OS/c1-12-8-3-5-2-6(10)4-7(11)9(5)13-8/h2-4H,1H3. The molecule has 1 aromatic carbocycles. The molecule has 2 aromatic rings. The summed E-state index contributed by atoms with van der Waals surface area (Å²) in [6.45, 7) is 0. The predicted octanol–water partition coefficient (Wildman–Crippen LogP) is 3.19. The van der Waals surface area contributed by atoms with Gasteiger partial charge in [0.2, 0.25) is 0 Å². The molecule has 1 nitrogen and oxygen atoms in total. The fraction of sp³-hybridized carbons (Fsp3) is 0.111. The molecule has 0 bridgehead atoms. The largest absolute Gasteiger partial charge is 0.487 e. The van der Waals surface area contributed by atoms with Gasteiger partial charge in [0.05, 0.1) is 11.8 Å². The van der Waals surface area contributed by atoms with Crippen LogP contribution in [0.4, 0.5) is 8.78 Å². The molecule has 0 radical (unpaired) electrons. The van der Waals surface area contributed by atoms with Crippen molar-refractivity contribution in [2.45, 2.75) is 0 Å². The van der Waals surface area contributed by atoms with Crippen molar-refractivity contribution in [2.24, 2.45) is 0 Å². The Morgan fingerprint density at radius 2 is 2.00 bits per heavy atom. The second-order valence-corrected chi connectivity index (χ2v) is 3.59. The van der Waals surface area contributed by atoms with Crippen LogP contribution in [0.15, 0.2) is 18.2 Å². The van der Waals surface area contributed by atoms with Crippen LogP contribution >= 0.6 is 11.3 Å². The normalized spacial score (nSPS) is 10.7. The Balaban J connectivity index is 2.75. The SMILES string of the molecule is COc1cc2cc(F)cc(F)c2s1. The van der Waals surface area contributed by atoms with Gasteiger partial charge in [-0.2, -0.15) is 0 Å². The number of hydrogen-bond acceptors (Lipinski definition) is 2. The van der Waals surface area contributed by atoms with Crippen molar-refractivity contribution in [3.8, 4) is 5.06 Å². The molecule has 13 heavy (non-hydrogen) atoms. The maximum absolute atomic E-state index is 13.1. The van der Waals surface area contributed by atoms with Crippen molar-refractivity contribution in [3.05, 3.63) is 29.8 Å². The van der Waals surface area contributed by atoms with Crippen LogP contribution in [0.2, 0.25) is 0 Å². The lowest BCUT2D eigenvalue weighted by molar-refractivity contribution is 0.427. The van der Waals surface area contributed by atoms with E-state index >= 15 is 0 Å². The number of halogens is 2. The lowest BCUT2D eigenvalue weighted by atomic mass is 10.2. The highest BCUT2D eigenvalue weighted by molar-refractivity contribution is 7.20. The summed E-state index contributed by atoms with van der Waals surface area (Å²) in [5.41, 5.74) is 0. The summed E-state index contributed by atoms with van der Waals surface area (Å²) < 4.78 is 31.2. The molecule has 0 aliphatic carbocycles. The summed E-state index contributed by atoms with van der Waals surface area (Å²) in [6, 6.07) is 3.78. The van der Waals surface area contributed by atoms with E-state index < -0.39 is 11.6 Å². The molecule has 2 rings (SSSR count). The van der Waals surface area contributed by atoms with Gasteiger partial charge in [0.1, 0.15) is 11.6 Å². The average molecular weight is 200 g/mol. The first kappa shape index (κ1) is 8.44. The lowest BCUT2D eigenvalue weighted by Crippen LogP contribution is -1.77. The Bertz CT molecular complexity index is 450. The third-order valence-corrected chi connectivity index (χ3v) is 2.83. The third kappa shape index (κ3) is 1.37. The monoisotopic (exact) mass is 200 g/mol. The number of thiophene rings is 1. The summed E-state index contributed by atoms with van der Waals surface area (Å²) in [6.07, 6.45) is 0. The smallest absolute Gasteiger partial charge is 0.174 e. The number of fused-ring (bicyclic) bond motifs is 1. The van der Waals surface area contributed by atoms with Crippen LogP contribution in [-0.4, -0.2) is 7.11 Å². The van der Waals surface area contributed by atoms with E-state index in [1.165, 1.54) is 24.5 Å². The number of hydrogen-bond donors (Lipinski definition) is 0. The number of methoxy groups -OCH3 is 1. The van der Waals surface area contributed by atoms with Crippen LogP contribution < -0.4 is 4.74 Å². The van der Waals surface area contributed by atoms with Gasteiger partial charge in [-0.3, -0.25) is 0 Å². The Morgan fingerprint density at radius 3 is 2.69 bits per heavy atom. The zero-order valence-corrected chi connectivity index (χ0v) is 7.62. The molecule has 0 spiro atoms. The van der Waals surface area contributed by atoms with E-state index in [4.69, 9.17) is 4.74 Å². The highest BCUT2D eigenvalue weighted by Gasteiger charge is 2.08.